The van der Waals surface area contributed by atoms with Crippen LogP contribution in [0.1, 0.15) is 11.1 Å². The summed E-state index contributed by atoms with van der Waals surface area (Å²) in [6.07, 6.45) is -2.14. The van der Waals surface area contributed by atoms with Crippen LogP contribution in [0, 0.1) is 0 Å². The highest BCUT2D eigenvalue weighted by Crippen LogP contribution is 2.29. The Balaban J connectivity index is 1.34. The molecular formula is C19H17F3N6S. The lowest BCUT2D eigenvalue weighted by Crippen LogP contribution is -2.31. The summed E-state index contributed by atoms with van der Waals surface area (Å²) in [6, 6.07) is 10.6. The quantitative estimate of drug-likeness (QED) is 0.439. The van der Waals surface area contributed by atoms with Crippen molar-refractivity contribution in [1.29, 1.82) is 0 Å². The Morgan fingerprint density at radius 2 is 1.93 bits per heavy atom. The number of nitrogens with two attached hydrogens (primary N) is 1. The number of rotatable bonds is 6. The molecular weight excluding hydrogens is 401 g/mol. The minimum atomic E-state index is -4.33. The van der Waals surface area contributed by atoms with Crippen LogP contribution >= 0.6 is 11.5 Å². The van der Waals surface area contributed by atoms with Crippen molar-refractivity contribution < 1.29 is 13.2 Å². The number of hydrogen-bond donors (Lipinski definition) is 3. The molecule has 0 radical (unpaired) electrons. The van der Waals surface area contributed by atoms with Crippen molar-refractivity contribution in [2.75, 3.05) is 11.9 Å². The summed E-state index contributed by atoms with van der Waals surface area (Å²) in [5.41, 5.74) is 8.02. The summed E-state index contributed by atoms with van der Waals surface area (Å²) < 4.78 is 42.2. The van der Waals surface area contributed by atoms with Crippen LogP contribution in [0.3, 0.4) is 0 Å². The van der Waals surface area contributed by atoms with Gasteiger partial charge in [-0.1, -0.05) is 12.1 Å². The molecule has 0 aliphatic carbocycles. The van der Waals surface area contributed by atoms with Gasteiger partial charge >= 0.3 is 6.18 Å². The topological polar surface area (TPSA) is 92.5 Å². The van der Waals surface area contributed by atoms with E-state index in [4.69, 9.17) is 5.73 Å². The first-order chi connectivity index (χ1) is 13.9. The smallest absolute Gasteiger partial charge is 0.359 e. The predicted molar refractivity (Wildman–Crippen MR) is 107 cm³/mol. The summed E-state index contributed by atoms with van der Waals surface area (Å²) in [7, 11) is 0. The van der Waals surface area contributed by atoms with Crippen LogP contribution in [0.5, 0.6) is 0 Å². The van der Waals surface area contributed by atoms with E-state index in [0.717, 1.165) is 34.2 Å². The Hall–Kier alpha value is -2.98. The number of nitrogens with one attached hydrogen (secondary N) is 2. The van der Waals surface area contributed by atoms with Crippen LogP contribution in [0.15, 0.2) is 48.7 Å². The Morgan fingerprint density at radius 1 is 1.14 bits per heavy atom. The molecule has 0 bridgehead atoms. The third kappa shape index (κ3) is 4.54. The highest BCUT2D eigenvalue weighted by molar-refractivity contribution is 7.09. The van der Waals surface area contributed by atoms with E-state index < -0.39 is 11.7 Å². The standard InChI is InChI=1S/C19H17F3N6S/c20-19(21,22)14-4-1-11(2-5-14)7-15(23)10-24-18-26-17(28-29-18)12-3-6-16-13(8-12)9-25-27-16/h1-6,8-9,15H,7,10,23H2,(H,25,27)(H,24,26,28)/t15-/m0/s1. The number of alkyl halides is 3. The fraction of sp³-hybridized carbons (Fsp3) is 0.211. The van der Waals surface area contributed by atoms with Gasteiger partial charge in [0.25, 0.3) is 0 Å². The Labute approximate surface area is 168 Å². The van der Waals surface area contributed by atoms with E-state index in [2.05, 4.69) is 24.9 Å². The zero-order valence-corrected chi connectivity index (χ0v) is 15.9. The van der Waals surface area contributed by atoms with E-state index >= 15 is 0 Å². The molecule has 6 nitrogen and oxygen atoms in total. The zero-order chi connectivity index (χ0) is 20.4. The molecule has 0 spiro atoms. The first kappa shape index (κ1) is 19.3. The molecule has 1 atom stereocenters. The second-order valence-electron chi connectivity index (χ2n) is 6.63. The van der Waals surface area contributed by atoms with E-state index in [-0.39, 0.29) is 6.04 Å². The van der Waals surface area contributed by atoms with Crippen molar-refractivity contribution >= 4 is 27.6 Å². The van der Waals surface area contributed by atoms with Crippen LogP contribution in [0.4, 0.5) is 18.3 Å². The maximum absolute atomic E-state index is 12.6. The first-order valence-corrected chi connectivity index (χ1v) is 9.58. The Morgan fingerprint density at radius 3 is 2.69 bits per heavy atom. The minimum Gasteiger partial charge on any atom is -0.359 e. The highest BCUT2D eigenvalue weighted by atomic mass is 32.1. The second-order valence-corrected chi connectivity index (χ2v) is 7.39. The van der Waals surface area contributed by atoms with Crippen LogP contribution in [0.2, 0.25) is 0 Å². The zero-order valence-electron chi connectivity index (χ0n) is 15.1. The number of benzene rings is 2. The number of hydrogen-bond acceptors (Lipinski definition) is 6. The third-order valence-corrected chi connectivity index (χ3v) is 5.09. The fourth-order valence-corrected chi connectivity index (χ4v) is 3.51. The molecule has 0 saturated heterocycles. The molecule has 4 aromatic rings. The van der Waals surface area contributed by atoms with E-state index in [1.165, 1.54) is 23.7 Å². The first-order valence-electron chi connectivity index (χ1n) is 8.81. The second kappa shape index (κ2) is 7.80. The molecule has 2 aromatic carbocycles. The Bertz CT molecular complexity index is 1100. The van der Waals surface area contributed by atoms with Gasteiger partial charge in [0.1, 0.15) is 0 Å². The average Bonchev–Trinajstić information content (AvgIpc) is 3.35. The fourth-order valence-electron chi connectivity index (χ4n) is 2.92. The molecule has 0 unspecified atom stereocenters. The van der Waals surface area contributed by atoms with Crippen molar-refractivity contribution in [2.24, 2.45) is 5.73 Å². The molecule has 0 aliphatic rings. The number of H-pyrrole nitrogens is 1. The molecule has 150 valence electrons. The molecule has 0 saturated carbocycles. The van der Waals surface area contributed by atoms with Crippen molar-refractivity contribution in [2.45, 2.75) is 18.6 Å². The molecule has 0 aliphatic heterocycles. The molecule has 0 fully saturated rings. The van der Waals surface area contributed by atoms with E-state index in [9.17, 15) is 13.2 Å². The normalized spacial score (nSPS) is 13.0. The van der Waals surface area contributed by atoms with Gasteiger partial charge in [0.2, 0.25) is 5.13 Å². The number of halogens is 3. The van der Waals surface area contributed by atoms with Crippen molar-refractivity contribution in [1.82, 2.24) is 19.6 Å². The van der Waals surface area contributed by atoms with E-state index in [0.29, 0.717) is 23.9 Å². The minimum absolute atomic E-state index is 0.277. The number of anilines is 1. The van der Waals surface area contributed by atoms with Gasteiger partial charge in [-0.15, -0.1) is 0 Å². The highest BCUT2D eigenvalue weighted by Gasteiger charge is 2.29. The third-order valence-electron chi connectivity index (χ3n) is 4.42. The predicted octanol–water partition coefficient (Wildman–Crippen LogP) is 4.08. The van der Waals surface area contributed by atoms with Gasteiger partial charge in [0.15, 0.2) is 5.82 Å². The maximum Gasteiger partial charge on any atom is 0.416 e. The van der Waals surface area contributed by atoms with E-state index in [1.807, 2.05) is 18.2 Å². The molecule has 4 rings (SSSR count). The van der Waals surface area contributed by atoms with E-state index in [1.54, 1.807) is 6.20 Å². The van der Waals surface area contributed by atoms with Gasteiger partial charge in [0.05, 0.1) is 17.3 Å². The largest absolute Gasteiger partial charge is 0.416 e. The Kier molecular flexibility index (Phi) is 5.20. The van der Waals surface area contributed by atoms with Crippen molar-refractivity contribution in [3.63, 3.8) is 0 Å². The molecule has 10 heteroatoms. The monoisotopic (exact) mass is 418 g/mol. The molecule has 2 heterocycles. The summed E-state index contributed by atoms with van der Waals surface area (Å²) >= 11 is 1.23. The number of aromatic nitrogens is 4. The van der Waals surface area contributed by atoms with Crippen LogP contribution < -0.4 is 11.1 Å². The number of fused-ring (bicyclic) bond motifs is 1. The van der Waals surface area contributed by atoms with Gasteiger partial charge in [0, 0.05) is 35.1 Å². The lowest BCUT2D eigenvalue weighted by molar-refractivity contribution is -0.137. The average molecular weight is 418 g/mol. The lowest BCUT2D eigenvalue weighted by atomic mass is 10.0. The van der Waals surface area contributed by atoms with Crippen molar-refractivity contribution in [3.05, 3.63) is 59.8 Å². The van der Waals surface area contributed by atoms with Gasteiger partial charge in [-0.3, -0.25) is 5.10 Å². The number of aromatic amines is 1. The summed E-state index contributed by atoms with van der Waals surface area (Å²) in [4.78, 5) is 4.47. The van der Waals surface area contributed by atoms with Gasteiger partial charge in [-0.25, -0.2) is 0 Å². The van der Waals surface area contributed by atoms with Gasteiger partial charge in [-0.2, -0.15) is 27.6 Å². The maximum atomic E-state index is 12.6. The van der Waals surface area contributed by atoms with Gasteiger partial charge < -0.3 is 11.1 Å². The summed E-state index contributed by atoms with van der Waals surface area (Å²) in [6.45, 7) is 0.427. The summed E-state index contributed by atoms with van der Waals surface area (Å²) in [5, 5.41) is 11.6. The van der Waals surface area contributed by atoms with Crippen LogP contribution in [-0.2, 0) is 12.6 Å². The number of nitrogens with zero attached hydrogens (tertiary/aromatic N) is 3. The van der Waals surface area contributed by atoms with Gasteiger partial charge in [-0.05, 0) is 42.3 Å². The SMILES string of the molecule is N[C@H](CNc1nc(-c2ccc3[nH]ncc3c2)ns1)Cc1ccc(C(F)(F)F)cc1. The molecule has 0 amide bonds. The lowest BCUT2D eigenvalue weighted by Gasteiger charge is -2.13. The van der Waals surface area contributed by atoms with Crippen molar-refractivity contribution in [3.8, 4) is 11.4 Å². The summed E-state index contributed by atoms with van der Waals surface area (Å²) in [5.74, 6) is 0.608. The molecule has 2 aromatic heterocycles. The van der Waals surface area contributed by atoms with Crippen LogP contribution in [-0.4, -0.2) is 32.1 Å². The molecule has 4 N–H and O–H groups in total. The van der Waals surface area contributed by atoms with Crippen LogP contribution in [0.25, 0.3) is 22.3 Å². The molecule has 29 heavy (non-hydrogen) atoms.